The van der Waals surface area contributed by atoms with Crippen molar-refractivity contribution < 1.29 is 19.1 Å². The van der Waals surface area contributed by atoms with Gasteiger partial charge in [-0.3, -0.25) is 4.79 Å². The number of methoxy groups -OCH3 is 1. The van der Waals surface area contributed by atoms with Gasteiger partial charge >= 0.3 is 5.97 Å². The SMILES string of the molecule is COC(=O)c1ccc(C)c(NC(=O)c2cc(Cl)ccc2OCc2ccccc2)c1. The number of benzene rings is 3. The van der Waals surface area contributed by atoms with E-state index in [-0.39, 0.29) is 5.91 Å². The molecule has 0 aromatic heterocycles. The predicted octanol–water partition coefficient (Wildman–Crippen LogP) is 5.27. The molecule has 29 heavy (non-hydrogen) atoms. The van der Waals surface area contributed by atoms with E-state index in [0.717, 1.165) is 11.1 Å². The van der Waals surface area contributed by atoms with Gasteiger partial charge in [0.15, 0.2) is 0 Å². The lowest BCUT2D eigenvalue weighted by Gasteiger charge is -2.14. The molecule has 148 valence electrons. The van der Waals surface area contributed by atoms with Crippen LogP contribution < -0.4 is 10.1 Å². The van der Waals surface area contributed by atoms with Crippen LogP contribution in [0.15, 0.2) is 66.7 Å². The smallest absolute Gasteiger partial charge is 0.337 e. The number of hydrogen-bond donors (Lipinski definition) is 1. The summed E-state index contributed by atoms with van der Waals surface area (Å²) < 4.78 is 10.6. The summed E-state index contributed by atoms with van der Waals surface area (Å²) in [4.78, 5) is 24.7. The third-order valence-electron chi connectivity index (χ3n) is 4.33. The van der Waals surface area contributed by atoms with Gasteiger partial charge in [-0.05, 0) is 48.4 Å². The molecule has 0 bridgehead atoms. The molecule has 0 aliphatic carbocycles. The second-order valence-electron chi connectivity index (χ2n) is 6.39. The number of anilines is 1. The maximum atomic E-state index is 12.9. The summed E-state index contributed by atoms with van der Waals surface area (Å²) in [6.45, 7) is 2.15. The van der Waals surface area contributed by atoms with Gasteiger partial charge in [-0.2, -0.15) is 0 Å². The highest BCUT2D eigenvalue weighted by atomic mass is 35.5. The molecule has 0 radical (unpaired) electrons. The largest absolute Gasteiger partial charge is 0.488 e. The van der Waals surface area contributed by atoms with Gasteiger partial charge in [0.2, 0.25) is 0 Å². The van der Waals surface area contributed by atoms with Gasteiger partial charge in [-0.15, -0.1) is 0 Å². The molecular weight excluding hydrogens is 390 g/mol. The summed E-state index contributed by atoms with van der Waals surface area (Å²) in [5.41, 5.74) is 2.94. The van der Waals surface area contributed by atoms with Crippen LogP contribution in [-0.4, -0.2) is 19.0 Å². The van der Waals surface area contributed by atoms with Gasteiger partial charge in [0, 0.05) is 10.7 Å². The molecule has 0 unspecified atom stereocenters. The van der Waals surface area contributed by atoms with Crippen LogP contribution in [0.3, 0.4) is 0 Å². The lowest BCUT2D eigenvalue weighted by Crippen LogP contribution is -2.15. The standard InChI is InChI=1S/C23H20ClNO4/c1-15-8-9-17(23(27)28-2)12-20(15)25-22(26)19-13-18(24)10-11-21(19)29-14-16-6-4-3-5-7-16/h3-13H,14H2,1-2H3,(H,25,26). The van der Waals surface area contributed by atoms with E-state index >= 15 is 0 Å². The average molecular weight is 410 g/mol. The zero-order chi connectivity index (χ0) is 20.8. The molecule has 3 aromatic carbocycles. The Bertz CT molecular complexity index is 1030. The highest BCUT2D eigenvalue weighted by molar-refractivity contribution is 6.31. The fraction of sp³-hybridized carbons (Fsp3) is 0.130. The van der Waals surface area contributed by atoms with E-state index in [2.05, 4.69) is 5.32 Å². The van der Waals surface area contributed by atoms with Crippen molar-refractivity contribution in [3.05, 3.63) is 94.0 Å². The highest BCUT2D eigenvalue weighted by Crippen LogP contribution is 2.26. The monoisotopic (exact) mass is 409 g/mol. The van der Waals surface area contributed by atoms with Crippen molar-refractivity contribution >= 4 is 29.2 Å². The van der Waals surface area contributed by atoms with Gasteiger partial charge in [-0.25, -0.2) is 4.79 Å². The molecule has 0 spiro atoms. The first kappa shape index (κ1) is 20.4. The van der Waals surface area contributed by atoms with Crippen molar-refractivity contribution in [3.63, 3.8) is 0 Å². The summed E-state index contributed by atoms with van der Waals surface area (Å²) in [5, 5.41) is 3.25. The fourth-order valence-electron chi connectivity index (χ4n) is 2.73. The number of rotatable bonds is 6. The summed E-state index contributed by atoms with van der Waals surface area (Å²) in [6, 6.07) is 19.5. The molecule has 0 heterocycles. The minimum absolute atomic E-state index is 0.302. The zero-order valence-electron chi connectivity index (χ0n) is 16.1. The Morgan fingerprint density at radius 3 is 2.48 bits per heavy atom. The number of hydrogen-bond acceptors (Lipinski definition) is 4. The lowest BCUT2D eigenvalue weighted by molar-refractivity contribution is 0.0600. The Balaban J connectivity index is 1.83. The van der Waals surface area contributed by atoms with Gasteiger partial charge < -0.3 is 14.8 Å². The van der Waals surface area contributed by atoms with Crippen LogP contribution >= 0.6 is 11.6 Å². The maximum absolute atomic E-state index is 12.9. The van der Waals surface area contributed by atoms with Crippen LogP contribution in [-0.2, 0) is 11.3 Å². The first-order valence-corrected chi connectivity index (χ1v) is 9.32. The molecular formula is C23H20ClNO4. The van der Waals surface area contributed by atoms with E-state index in [1.807, 2.05) is 37.3 Å². The molecule has 5 nitrogen and oxygen atoms in total. The second-order valence-corrected chi connectivity index (χ2v) is 6.83. The van der Waals surface area contributed by atoms with Crippen molar-refractivity contribution in [3.8, 4) is 5.75 Å². The number of aryl methyl sites for hydroxylation is 1. The van der Waals surface area contributed by atoms with E-state index in [9.17, 15) is 9.59 Å². The highest BCUT2D eigenvalue weighted by Gasteiger charge is 2.16. The fourth-order valence-corrected chi connectivity index (χ4v) is 2.90. The number of carbonyl (C=O) groups is 2. The minimum Gasteiger partial charge on any atom is -0.488 e. The lowest BCUT2D eigenvalue weighted by atomic mass is 10.1. The Kier molecular flexibility index (Phi) is 6.52. The first-order valence-electron chi connectivity index (χ1n) is 8.94. The number of nitrogens with one attached hydrogen (secondary N) is 1. The Morgan fingerprint density at radius 1 is 1.00 bits per heavy atom. The van der Waals surface area contributed by atoms with Crippen LogP contribution in [0, 0.1) is 6.92 Å². The molecule has 0 fully saturated rings. The third-order valence-corrected chi connectivity index (χ3v) is 4.57. The Morgan fingerprint density at radius 2 is 1.76 bits per heavy atom. The predicted molar refractivity (Wildman–Crippen MR) is 113 cm³/mol. The molecule has 0 aliphatic heterocycles. The van der Waals surface area contributed by atoms with Crippen LogP contribution in [0.25, 0.3) is 0 Å². The molecule has 3 rings (SSSR count). The maximum Gasteiger partial charge on any atom is 0.337 e. The number of amides is 1. The first-order chi connectivity index (χ1) is 14.0. The van der Waals surface area contributed by atoms with Crippen molar-refractivity contribution in [2.24, 2.45) is 0 Å². The van der Waals surface area contributed by atoms with E-state index in [1.165, 1.54) is 7.11 Å². The van der Waals surface area contributed by atoms with E-state index in [4.69, 9.17) is 21.1 Å². The molecule has 0 saturated heterocycles. The van der Waals surface area contributed by atoms with Crippen LogP contribution in [0.1, 0.15) is 31.8 Å². The van der Waals surface area contributed by atoms with Crippen molar-refractivity contribution in [2.75, 3.05) is 12.4 Å². The van der Waals surface area contributed by atoms with Crippen molar-refractivity contribution in [1.82, 2.24) is 0 Å². The molecule has 1 amide bonds. The Labute approximate surface area is 174 Å². The van der Waals surface area contributed by atoms with Gasteiger partial charge in [0.25, 0.3) is 5.91 Å². The number of ether oxygens (including phenoxy) is 2. The summed E-state index contributed by atoms with van der Waals surface area (Å²) in [6.07, 6.45) is 0. The minimum atomic E-state index is -0.477. The summed E-state index contributed by atoms with van der Waals surface area (Å²) in [5.74, 6) is -0.451. The van der Waals surface area contributed by atoms with Crippen molar-refractivity contribution in [2.45, 2.75) is 13.5 Å². The number of carbonyl (C=O) groups excluding carboxylic acids is 2. The van der Waals surface area contributed by atoms with Crippen LogP contribution in [0.4, 0.5) is 5.69 Å². The van der Waals surface area contributed by atoms with Crippen LogP contribution in [0.2, 0.25) is 5.02 Å². The van der Waals surface area contributed by atoms with Gasteiger partial charge in [0.05, 0.1) is 18.2 Å². The van der Waals surface area contributed by atoms with E-state index < -0.39 is 5.97 Å². The molecule has 6 heteroatoms. The molecule has 0 aliphatic rings. The average Bonchev–Trinajstić information content (AvgIpc) is 2.74. The number of esters is 1. The van der Waals surface area contributed by atoms with Crippen molar-refractivity contribution in [1.29, 1.82) is 0 Å². The molecule has 3 aromatic rings. The quantitative estimate of drug-likeness (QED) is 0.563. The Hall–Kier alpha value is -3.31. The number of halogens is 1. The summed E-state index contributed by atoms with van der Waals surface area (Å²) >= 11 is 6.10. The van der Waals surface area contributed by atoms with Gasteiger partial charge in [0.1, 0.15) is 12.4 Å². The molecule has 0 atom stereocenters. The normalized spacial score (nSPS) is 10.3. The van der Waals surface area contributed by atoms with E-state index in [0.29, 0.717) is 34.2 Å². The third kappa shape index (κ3) is 5.15. The molecule has 0 saturated carbocycles. The summed E-state index contributed by atoms with van der Waals surface area (Å²) in [7, 11) is 1.31. The topological polar surface area (TPSA) is 64.6 Å². The zero-order valence-corrected chi connectivity index (χ0v) is 16.8. The van der Waals surface area contributed by atoms with Crippen LogP contribution in [0.5, 0.6) is 5.75 Å². The van der Waals surface area contributed by atoms with E-state index in [1.54, 1.807) is 36.4 Å². The molecule has 1 N–H and O–H groups in total. The second kappa shape index (κ2) is 9.26. The van der Waals surface area contributed by atoms with Gasteiger partial charge in [-0.1, -0.05) is 48.0 Å².